The smallest absolute Gasteiger partial charge is 0.236 e. The number of fused-ring (bicyclic) bond motifs is 1. The Morgan fingerprint density at radius 3 is 2.59 bits per heavy atom. The fraction of sp³-hybridized carbons (Fsp3) is 0.304. The summed E-state index contributed by atoms with van der Waals surface area (Å²) in [7, 11) is 1.88. The molecule has 0 fully saturated rings. The SMILES string of the molecule is CC(C)c1ccc(OC(C)c2nnc(SCC(=O)Nc3nc4ccccc4s3)n2C)cc1. The second-order valence-electron chi connectivity index (χ2n) is 7.71. The van der Waals surface area contributed by atoms with Gasteiger partial charge in [0.1, 0.15) is 5.75 Å². The van der Waals surface area contributed by atoms with E-state index >= 15 is 0 Å². The van der Waals surface area contributed by atoms with Crippen LogP contribution in [0.2, 0.25) is 0 Å². The van der Waals surface area contributed by atoms with Crippen molar-refractivity contribution >= 4 is 44.4 Å². The van der Waals surface area contributed by atoms with E-state index in [9.17, 15) is 4.79 Å². The van der Waals surface area contributed by atoms with E-state index in [4.69, 9.17) is 4.74 Å². The predicted octanol–water partition coefficient (Wildman–Crippen LogP) is 5.42. The van der Waals surface area contributed by atoms with Gasteiger partial charge in [-0.2, -0.15) is 0 Å². The number of thiazole rings is 1. The van der Waals surface area contributed by atoms with E-state index in [1.165, 1.54) is 28.7 Å². The average molecular weight is 468 g/mol. The van der Waals surface area contributed by atoms with Gasteiger partial charge in [-0.05, 0) is 42.7 Å². The molecular formula is C23H25N5O2S2. The van der Waals surface area contributed by atoms with Gasteiger partial charge in [0.05, 0.1) is 16.0 Å². The van der Waals surface area contributed by atoms with Crippen molar-refractivity contribution in [2.75, 3.05) is 11.1 Å². The van der Waals surface area contributed by atoms with Gasteiger partial charge < -0.3 is 14.6 Å². The summed E-state index contributed by atoms with van der Waals surface area (Å²) in [6.07, 6.45) is -0.275. The van der Waals surface area contributed by atoms with Crippen LogP contribution in [-0.2, 0) is 11.8 Å². The minimum Gasteiger partial charge on any atom is -0.483 e. The molecule has 0 saturated carbocycles. The summed E-state index contributed by atoms with van der Waals surface area (Å²) in [6.45, 7) is 6.27. The van der Waals surface area contributed by atoms with Crippen molar-refractivity contribution in [3.63, 3.8) is 0 Å². The lowest BCUT2D eigenvalue weighted by atomic mass is 10.0. The van der Waals surface area contributed by atoms with Crippen LogP contribution < -0.4 is 10.1 Å². The molecule has 32 heavy (non-hydrogen) atoms. The Labute approximate surface area is 195 Å². The first-order chi connectivity index (χ1) is 15.4. The largest absolute Gasteiger partial charge is 0.483 e. The van der Waals surface area contributed by atoms with Gasteiger partial charge in [-0.25, -0.2) is 4.98 Å². The lowest BCUT2D eigenvalue weighted by Gasteiger charge is -2.15. The van der Waals surface area contributed by atoms with E-state index in [1.807, 2.05) is 54.9 Å². The van der Waals surface area contributed by atoms with Crippen molar-refractivity contribution in [2.45, 2.75) is 37.9 Å². The molecule has 2 aromatic heterocycles. The van der Waals surface area contributed by atoms with Crippen molar-refractivity contribution in [3.8, 4) is 5.75 Å². The van der Waals surface area contributed by atoms with Crippen LogP contribution in [0, 0.1) is 0 Å². The van der Waals surface area contributed by atoms with Gasteiger partial charge in [0.15, 0.2) is 22.2 Å². The molecule has 7 nitrogen and oxygen atoms in total. The van der Waals surface area contributed by atoms with Gasteiger partial charge in [0.25, 0.3) is 0 Å². The Bertz CT molecular complexity index is 1180. The maximum absolute atomic E-state index is 12.4. The van der Waals surface area contributed by atoms with E-state index in [0.29, 0.717) is 22.0 Å². The molecule has 1 atom stereocenters. The number of hydrogen-bond acceptors (Lipinski definition) is 7. The number of hydrogen-bond donors (Lipinski definition) is 1. The first-order valence-corrected chi connectivity index (χ1v) is 12.1. The first kappa shape index (κ1) is 22.3. The van der Waals surface area contributed by atoms with Crippen molar-refractivity contribution in [1.29, 1.82) is 0 Å². The molecule has 0 saturated heterocycles. The van der Waals surface area contributed by atoms with Crippen molar-refractivity contribution in [1.82, 2.24) is 19.7 Å². The molecule has 0 aliphatic rings. The number of para-hydroxylation sites is 1. The third-order valence-corrected chi connectivity index (χ3v) is 6.94. The Balaban J connectivity index is 1.34. The normalized spacial score (nSPS) is 12.3. The number of carbonyl (C=O) groups excluding carboxylic acids is 1. The van der Waals surface area contributed by atoms with Crippen LogP contribution in [-0.4, -0.2) is 31.4 Å². The number of aromatic nitrogens is 4. The van der Waals surface area contributed by atoms with Gasteiger partial charge >= 0.3 is 0 Å². The van der Waals surface area contributed by atoms with Crippen molar-refractivity contribution < 1.29 is 9.53 Å². The van der Waals surface area contributed by atoms with E-state index in [1.54, 1.807) is 0 Å². The number of thioether (sulfide) groups is 1. The first-order valence-electron chi connectivity index (χ1n) is 10.3. The zero-order valence-corrected chi connectivity index (χ0v) is 20.0. The summed E-state index contributed by atoms with van der Waals surface area (Å²) >= 11 is 2.79. The topological polar surface area (TPSA) is 81.9 Å². The molecule has 1 unspecified atom stereocenters. The molecule has 0 aliphatic carbocycles. The molecule has 2 aromatic carbocycles. The monoisotopic (exact) mass is 467 g/mol. The highest BCUT2D eigenvalue weighted by atomic mass is 32.2. The second-order valence-corrected chi connectivity index (χ2v) is 9.68. The number of benzene rings is 2. The predicted molar refractivity (Wildman–Crippen MR) is 130 cm³/mol. The molecule has 0 spiro atoms. The summed E-state index contributed by atoms with van der Waals surface area (Å²) in [5.41, 5.74) is 2.15. The molecule has 9 heteroatoms. The third kappa shape index (κ3) is 5.11. The minimum absolute atomic E-state index is 0.131. The Morgan fingerprint density at radius 2 is 1.88 bits per heavy atom. The third-order valence-electron chi connectivity index (χ3n) is 4.96. The maximum atomic E-state index is 12.4. The van der Waals surface area contributed by atoms with Gasteiger partial charge in [-0.15, -0.1) is 10.2 Å². The summed E-state index contributed by atoms with van der Waals surface area (Å²) in [4.78, 5) is 16.8. The van der Waals surface area contributed by atoms with Crippen molar-refractivity contribution in [2.24, 2.45) is 7.05 Å². The van der Waals surface area contributed by atoms with E-state index in [2.05, 4.69) is 46.5 Å². The van der Waals surface area contributed by atoms with Crippen LogP contribution in [0.25, 0.3) is 10.2 Å². The summed E-state index contributed by atoms with van der Waals surface area (Å²) in [5, 5.41) is 12.6. The maximum Gasteiger partial charge on any atom is 0.236 e. The summed E-state index contributed by atoms with van der Waals surface area (Å²) in [5.74, 6) is 2.05. The van der Waals surface area contributed by atoms with E-state index in [-0.39, 0.29) is 17.8 Å². The molecular weight excluding hydrogens is 442 g/mol. The van der Waals surface area contributed by atoms with Gasteiger partial charge in [0.2, 0.25) is 5.91 Å². The van der Waals surface area contributed by atoms with Crippen LogP contribution in [0.1, 0.15) is 44.2 Å². The van der Waals surface area contributed by atoms with E-state index < -0.39 is 0 Å². The highest BCUT2D eigenvalue weighted by Crippen LogP contribution is 2.27. The highest BCUT2D eigenvalue weighted by molar-refractivity contribution is 7.99. The number of nitrogens with zero attached hydrogens (tertiary/aromatic N) is 4. The van der Waals surface area contributed by atoms with Crippen LogP contribution in [0.3, 0.4) is 0 Å². The van der Waals surface area contributed by atoms with Crippen LogP contribution in [0.5, 0.6) is 5.75 Å². The molecule has 4 aromatic rings. The van der Waals surface area contributed by atoms with Gasteiger partial charge in [0, 0.05) is 7.05 Å². The minimum atomic E-state index is -0.275. The molecule has 4 rings (SSSR count). The molecule has 0 bridgehead atoms. The fourth-order valence-electron chi connectivity index (χ4n) is 3.21. The number of rotatable bonds is 8. The molecule has 1 N–H and O–H groups in total. The Kier molecular flexibility index (Phi) is 6.76. The van der Waals surface area contributed by atoms with Crippen LogP contribution in [0.15, 0.2) is 53.7 Å². The van der Waals surface area contributed by atoms with Crippen molar-refractivity contribution in [3.05, 3.63) is 59.9 Å². The zero-order valence-electron chi connectivity index (χ0n) is 18.4. The van der Waals surface area contributed by atoms with Crippen LogP contribution >= 0.6 is 23.1 Å². The molecule has 0 radical (unpaired) electrons. The quantitative estimate of drug-likeness (QED) is 0.349. The molecule has 2 heterocycles. The molecule has 166 valence electrons. The number of carbonyl (C=O) groups is 1. The summed E-state index contributed by atoms with van der Waals surface area (Å²) < 4.78 is 8.95. The lowest BCUT2D eigenvalue weighted by molar-refractivity contribution is -0.113. The zero-order chi connectivity index (χ0) is 22.7. The number of ether oxygens (including phenoxy) is 1. The Morgan fingerprint density at radius 1 is 1.12 bits per heavy atom. The van der Waals surface area contributed by atoms with E-state index in [0.717, 1.165) is 16.0 Å². The van der Waals surface area contributed by atoms with Gasteiger partial charge in [-0.1, -0.05) is 61.2 Å². The molecule has 0 aliphatic heterocycles. The van der Waals surface area contributed by atoms with Crippen LogP contribution in [0.4, 0.5) is 5.13 Å². The highest BCUT2D eigenvalue weighted by Gasteiger charge is 2.18. The Hall–Kier alpha value is -2.91. The van der Waals surface area contributed by atoms with Gasteiger partial charge in [-0.3, -0.25) is 4.79 Å². The number of nitrogens with one attached hydrogen (secondary N) is 1. The second kappa shape index (κ2) is 9.70. The molecule has 1 amide bonds. The average Bonchev–Trinajstić information content (AvgIpc) is 3.35. The summed E-state index contributed by atoms with van der Waals surface area (Å²) in [6, 6.07) is 15.9. The number of amides is 1. The fourth-order valence-corrected chi connectivity index (χ4v) is 4.81. The standard InChI is InChI=1S/C23H25N5O2S2/c1-14(2)16-9-11-17(12-10-16)30-15(3)21-26-27-23(28(21)4)31-13-20(29)25-22-24-18-7-5-6-8-19(18)32-22/h5-12,14-15H,13H2,1-4H3,(H,24,25,29). The lowest BCUT2D eigenvalue weighted by Crippen LogP contribution is -2.14. The number of anilines is 1.